The Hall–Kier alpha value is -2.95. The van der Waals surface area contributed by atoms with Crippen molar-refractivity contribution in [1.82, 2.24) is 0 Å². The topological polar surface area (TPSA) is 69.4 Å². The van der Waals surface area contributed by atoms with E-state index in [1.165, 1.54) is 24.3 Å². The van der Waals surface area contributed by atoms with Crippen molar-refractivity contribution < 1.29 is 14.5 Å². The summed E-state index contributed by atoms with van der Waals surface area (Å²) in [5.74, 6) is -0.0280. The van der Waals surface area contributed by atoms with Crippen LogP contribution in [0.5, 0.6) is 5.75 Å². The number of carbonyl (C=O) groups excluding carboxylic acids is 1. The molecule has 0 aliphatic rings. The monoisotopic (exact) mass is 339 g/mol. The maximum absolute atomic E-state index is 12.0. The summed E-state index contributed by atoms with van der Waals surface area (Å²) >= 11 is 0. The summed E-state index contributed by atoms with van der Waals surface area (Å²) in [6, 6.07) is 11.8. The Morgan fingerprint density at radius 2 is 1.88 bits per heavy atom. The van der Waals surface area contributed by atoms with Crippen molar-refractivity contribution in [3.05, 3.63) is 75.3 Å². The quantitative estimate of drug-likeness (QED) is 0.263. The Bertz CT molecular complexity index is 832. The standard InChI is InChI=1S/C20H21NO4/c1-14-12-16(20(2,3)4)9-10-18(14)25-19(22)11-8-15-6-5-7-17(13-15)21(23)24/h5-13H,1-4H3/b11-8+. The summed E-state index contributed by atoms with van der Waals surface area (Å²) in [7, 11) is 0. The second-order valence-corrected chi connectivity index (χ2v) is 6.84. The molecule has 0 aliphatic heterocycles. The van der Waals surface area contributed by atoms with Crippen LogP contribution >= 0.6 is 0 Å². The zero-order valence-electron chi connectivity index (χ0n) is 14.8. The van der Waals surface area contributed by atoms with Gasteiger partial charge in [-0.25, -0.2) is 4.79 Å². The highest BCUT2D eigenvalue weighted by Crippen LogP contribution is 2.27. The molecule has 2 rings (SSSR count). The summed E-state index contributed by atoms with van der Waals surface area (Å²) in [5, 5.41) is 10.8. The summed E-state index contributed by atoms with van der Waals surface area (Å²) in [4.78, 5) is 22.3. The van der Waals surface area contributed by atoms with Crippen LogP contribution in [0, 0.1) is 17.0 Å². The number of ether oxygens (including phenoxy) is 1. The van der Waals surface area contributed by atoms with Crippen LogP contribution in [0.3, 0.4) is 0 Å². The normalized spacial score (nSPS) is 11.5. The third-order valence-corrected chi connectivity index (χ3v) is 3.74. The van der Waals surface area contributed by atoms with Crippen molar-refractivity contribution in [2.24, 2.45) is 0 Å². The van der Waals surface area contributed by atoms with Crippen LogP contribution in [0.2, 0.25) is 0 Å². The van der Waals surface area contributed by atoms with E-state index in [0.29, 0.717) is 11.3 Å². The van der Waals surface area contributed by atoms with Gasteiger partial charge >= 0.3 is 5.97 Å². The number of carbonyl (C=O) groups is 1. The molecule has 5 nitrogen and oxygen atoms in total. The lowest BCUT2D eigenvalue weighted by Crippen LogP contribution is -2.12. The highest BCUT2D eigenvalue weighted by molar-refractivity contribution is 5.89. The van der Waals surface area contributed by atoms with Gasteiger partial charge in [0, 0.05) is 18.2 Å². The van der Waals surface area contributed by atoms with Crippen LogP contribution in [0.4, 0.5) is 5.69 Å². The fraction of sp³-hybridized carbons (Fsp3) is 0.250. The van der Waals surface area contributed by atoms with E-state index < -0.39 is 10.9 Å². The van der Waals surface area contributed by atoms with Gasteiger partial charge in [-0.3, -0.25) is 10.1 Å². The van der Waals surface area contributed by atoms with Crippen molar-refractivity contribution in [3.63, 3.8) is 0 Å². The third kappa shape index (κ3) is 5.01. The predicted molar refractivity (Wildman–Crippen MR) is 97.6 cm³/mol. The van der Waals surface area contributed by atoms with E-state index in [2.05, 4.69) is 20.8 Å². The molecule has 0 fully saturated rings. The summed E-state index contributed by atoms with van der Waals surface area (Å²) in [6.07, 6.45) is 2.75. The first-order chi connectivity index (χ1) is 11.7. The van der Waals surface area contributed by atoms with Gasteiger partial charge in [-0.2, -0.15) is 0 Å². The molecule has 0 saturated heterocycles. The molecule has 0 atom stereocenters. The van der Waals surface area contributed by atoms with Gasteiger partial charge in [0.05, 0.1) is 4.92 Å². The molecule has 0 heterocycles. The van der Waals surface area contributed by atoms with Crippen LogP contribution in [-0.2, 0) is 10.2 Å². The number of rotatable bonds is 4. The minimum Gasteiger partial charge on any atom is -0.423 e. The predicted octanol–water partition coefficient (Wildman–Crippen LogP) is 4.82. The number of nitro groups is 1. The largest absolute Gasteiger partial charge is 0.423 e. The minimum atomic E-state index is -0.530. The molecule has 2 aromatic carbocycles. The Balaban J connectivity index is 2.10. The molecule has 130 valence electrons. The van der Waals surface area contributed by atoms with Crippen LogP contribution in [0.1, 0.15) is 37.5 Å². The molecular formula is C20H21NO4. The number of esters is 1. The van der Waals surface area contributed by atoms with Crippen molar-refractivity contribution in [2.75, 3.05) is 0 Å². The van der Waals surface area contributed by atoms with Crippen LogP contribution in [-0.4, -0.2) is 10.9 Å². The molecule has 2 aromatic rings. The van der Waals surface area contributed by atoms with Gasteiger partial charge in [0.2, 0.25) is 0 Å². The Morgan fingerprint density at radius 1 is 1.16 bits per heavy atom. The van der Waals surface area contributed by atoms with E-state index in [9.17, 15) is 14.9 Å². The number of nitrogens with zero attached hydrogens (tertiary/aromatic N) is 1. The van der Waals surface area contributed by atoms with Crippen molar-refractivity contribution >= 4 is 17.7 Å². The highest BCUT2D eigenvalue weighted by atomic mass is 16.6. The van der Waals surface area contributed by atoms with Gasteiger partial charge in [-0.15, -0.1) is 0 Å². The molecule has 0 spiro atoms. The molecule has 0 unspecified atom stereocenters. The van der Waals surface area contributed by atoms with E-state index >= 15 is 0 Å². The van der Waals surface area contributed by atoms with Crippen LogP contribution < -0.4 is 4.74 Å². The molecular weight excluding hydrogens is 318 g/mol. The van der Waals surface area contributed by atoms with Crippen LogP contribution in [0.15, 0.2) is 48.5 Å². The smallest absolute Gasteiger partial charge is 0.336 e. The third-order valence-electron chi connectivity index (χ3n) is 3.74. The van der Waals surface area contributed by atoms with Crippen molar-refractivity contribution in [1.29, 1.82) is 0 Å². The van der Waals surface area contributed by atoms with Crippen molar-refractivity contribution in [2.45, 2.75) is 33.1 Å². The average Bonchev–Trinajstić information content (AvgIpc) is 2.54. The first-order valence-corrected chi connectivity index (χ1v) is 7.92. The molecule has 0 aliphatic carbocycles. The molecule has 0 aromatic heterocycles. The zero-order valence-corrected chi connectivity index (χ0v) is 14.8. The lowest BCUT2D eigenvalue weighted by atomic mass is 9.86. The average molecular weight is 339 g/mol. The van der Waals surface area contributed by atoms with E-state index in [4.69, 9.17) is 4.74 Å². The Morgan fingerprint density at radius 3 is 2.48 bits per heavy atom. The Labute approximate surface area is 147 Å². The van der Waals surface area contributed by atoms with E-state index in [0.717, 1.165) is 11.1 Å². The van der Waals surface area contributed by atoms with E-state index in [-0.39, 0.29) is 11.1 Å². The SMILES string of the molecule is Cc1cc(C(C)(C)C)ccc1OC(=O)/C=C/c1cccc([N+](=O)[O-])c1. The first kappa shape index (κ1) is 18.4. The lowest BCUT2D eigenvalue weighted by molar-refractivity contribution is -0.384. The molecule has 25 heavy (non-hydrogen) atoms. The minimum absolute atomic E-state index is 0.0230. The van der Waals surface area contributed by atoms with Gasteiger partial charge < -0.3 is 4.74 Å². The second-order valence-electron chi connectivity index (χ2n) is 6.84. The number of aryl methyl sites for hydroxylation is 1. The van der Waals surface area contributed by atoms with E-state index in [1.54, 1.807) is 18.2 Å². The molecule has 0 N–H and O–H groups in total. The van der Waals surface area contributed by atoms with Gasteiger partial charge in [0.1, 0.15) is 5.75 Å². The summed E-state index contributed by atoms with van der Waals surface area (Å²) < 4.78 is 5.35. The summed E-state index contributed by atoms with van der Waals surface area (Å²) in [5.41, 5.74) is 2.60. The summed E-state index contributed by atoms with van der Waals surface area (Å²) in [6.45, 7) is 8.25. The van der Waals surface area contributed by atoms with Crippen molar-refractivity contribution in [3.8, 4) is 5.75 Å². The molecule has 0 saturated carbocycles. The van der Waals surface area contributed by atoms with Gasteiger partial charge in [0.25, 0.3) is 5.69 Å². The Kier molecular flexibility index (Phi) is 5.37. The van der Waals surface area contributed by atoms with Gasteiger partial charge in [-0.05, 0) is 41.2 Å². The molecule has 5 heteroatoms. The number of hydrogen-bond donors (Lipinski definition) is 0. The second kappa shape index (κ2) is 7.30. The van der Waals surface area contributed by atoms with Gasteiger partial charge in [-0.1, -0.05) is 45.0 Å². The maximum atomic E-state index is 12.0. The van der Waals surface area contributed by atoms with Crippen LogP contribution in [0.25, 0.3) is 6.08 Å². The maximum Gasteiger partial charge on any atom is 0.336 e. The number of benzene rings is 2. The number of non-ortho nitro benzene ring substituents is 1. The van der Waals surface area contributed by atoms with Gasteiger partial charge in [0.15, 0.2) is 0 Å². The fourth-order valence-electron chi connectivity index (χ4n) is 2.28. The fourth-order valence-corrected chi connectivity index (χ4v) is 2.28. The first-order valence-electron chi connectivity index (χ1n) is 7.92. The number of hydrogen-bond acceptors (Lipinski definition) is 4. The van der Waals surface area contributed by atoms with E-state index in [1.807, 2.05) is 19.1 Å². The molecule has 0 bridgehead atoms. The number of nitro benzene ring substituents is 1. The molecule has 0 amide bonds. The zero-order chi connectivity index (χ0) is 18.6. The highest BCUT2D eigenvalue weighted by Gasteiger charge is 2.15. The molecule has 0 radical (unpaired) electrons. The lowest BCUT2D eigenvalue weighted by Gasteiger charge is -2.20.